The van der Waals surface area contributed by atoms with Crippen molar-refractivity contribution in [1.29, 1.82) is 0 Å². The monoisotopic (exact) mass is 471 g/mol. The van der Waals surface area contributed by atoms with E-state index in [1.165, 1.54) is 16.7 Å². The average Bonchev–Trinajstić information content (AvgIpc) is 3.27. The Balaban J connectivity index is 1.52. The Hall–Kier alpha value is -3.58. The van der Waals surface area contributed by atoms with Crippen LogP contribution in [-0.2, 0) is 19.3 Å². The number of carbonyl (C=O) groups excluding carboxylic acids is 3. The van der Waals surface area contributed by atoms with Gasteiger partial charge in [0.25, 0.3) is 5.91 Å². The highest BCUT2D eigenvalue weighted by atomic mass is 32.2. The summed E-state index contributed by atoms with van der Waals surface area (Å²) in [6.45, 7) is 5.72. The topological polar surface area (TPSA) is 69.7 Å². The maximum Gasteiger partial charge on any atom is 0.269 e. The van der Waals surface area contributed by atoms with Crippen LogP contribution in [0.3, 0.4) is 0 Å². The third kappa shape index (κ3) is 3.47. The summed E-state index contributed by atoms with van der Waals surface area (Å²) < 4.78 is 0. The van der Waals surface area contributed by atoms with Crippen LogP contribution in [0.4, 0.5) is 17.1 Å². The number of fused-ring (bicyclic) bond motifs is 2. The SMILES string of the molecule is Cc1cccc(N2C(=O)CSC23C(=O)N(CC(=O)Nc2cc(C)ccc2C)c2ccccc23)c1. The minimum atomic E-state index is -1.22. The lowest BCUT2D eigenvalue weighted by Crippen LogP contribution is -2.50. The standard InChI is InChI=1S/C27H25N3O3S/c1-17-7-6-8-20(13-17)30-25(32)16-34-27(30)21-9-4-5-10-23(21)29(26(27)33)15-24(31)28-22-14-18(2)11-12-19(22)3/h4-14H,15-16H2,1-3H3,(H,28,31). The van der Waals surface area contributed by atoms with E-state index in [0.29, 0.717) is 11.4 Å². The second-order valence-electron chi connectivity index (χ2n) is 8.78. The number of hydrogen-bond donors (Lipinski definition) is 1. The Bertz CT molecular complexity index is 1340. The van der Waals surface area contributed by atoms with Crippen LogP contribution in [0.25, 0.3) is 0 Å². The number of nitrogens with zero attached hydrogens (tertiary/aromatic N) is 2. The fraction of sp³-hybridized carbons (Fsp3) is 0.222. The molecule has 1 atom stereocenters. The molecule has 0 radical (unpaired) electrons. The first-order valence-electron chi connectivity index (χ1n) is 11.1. The molecule has 0 aromatic heterocycles. The van der Waals surface area contributed by atoms with Crippen LogP contribution in [0.1, 0.15) is 22.3 Å². The van der Waals surface area contributed by atoms with Gasteiger partial charge < -0.3 is 5.32 Å². The van der Waals surface area contributed by atoms with Gasteiger partial charge in [-0.25, -0.2) is 0 Å². The summed E-state index contributed by atoms with van der Waals surface area (Å²) in [6, 6.07) is 20.9. The van der Waals surface area contributed by atoms with E-state index in [-0.39, 0.29) is 30.0 Å². The molecule has 6 nitrogen and oxygen atoms in total. The molecule has 1 saturated heterocycles. The van der Waals surface area contributed by atoms with E-state index in [1.54, 1.807) is 4.90 Å². The zero-order valence-corrected chi connectivity index (χ0v) is 20.1. The molecule has 1 unspecified atom stereocenters. The molecule has 3 amide bonds. The number of rotatable bonds is 4. The van der Waals surface area contributed by atoms with E-state index in [1.807, 2.05) is 87.5 Å². The molecule has 1 spiro atoms. The van der Waals surface area contributed by atoms with Crippen molar-refractivity contribution in [3.63, 3.8) is 0 Å². The fourth-order valence-corrected chi connectivity index (χ4v) is 6.04. The highest BCUT2D eigenvalue weighted by molar-refractivity contribution is 8.02. The molecule has 7 heteroatoms. The summed E-state index contributed by atoms with van der Waals surface area (Å²) in [4.78, 5) is 42.1. The second-order valence-corrected chi connectivity index (χ2v) is 9.94. The maximum absolute atomic E-state index is 14.0. The van der Waals surface area contributed by atoms with Gasteiger partial charge in [-0.1, -0.05) is 42.5 Å². The molecule has 1 fully saturated rings. The van der Waals surface area contributed by atoms with Crippen molar-refractivity contribution in [3.8, 4) is 0 Å². The molecular formula is C27H25N3O3S. The van der Waals surface area contributed by atoms with Crippen LogP contribution >= 0.6 is 11.8 Å². The van der Waals surface area contributed by atoms with Crippen molar-refractivity contribution >= 4 is 46.5 Å². The minimum absolute atomic E-state index is 0.125. The quantitative estimate of drug-likeness (QED) is 0.607. The maximum atomic E-state index is 14.0. The highest BCUT2D eigenvalue weighted by Gasteiger charge is 2.61. The number of para-hydroxylation sites is 1. The van der Waals surface area contributed by atoms with Gasteiger partial charge in [-0.3, -0.25) is 24.2 Å². The molecule has 0 bridgehead atoms. The van der Waals surface area contributed by atoms with Crippen molar-refractivity contribution in [1.82, 2.24) is 0 Å². The largest absolute Gasteiger partial charge is 0.324 e. The number of amides is 3. The molecular weight excluding hydrogens is 446 g/mol. The summed E-state index contributed by atoms with van der Waals surface area (Å²) in [5, 5.41) is 2.95. The number of nitrogens with one attached hydrogen (secondary N) is 1. The number of benzene rings is 3. The van der Waals surface area contributed by atoms with Crippen molar-refractivity contribution in [3.05, 3.63) is 89.0 Å². The van der Waals surface area contributed by atoms with Crippen molar-refractivity contribution in [2.45, 2.75) is 25.6 Å². The lowest BCUT2D eigenvalue weighted by atomic mass is 10.0. The van der Waals surface area contributed by atoms with Crippen LogP contribution in [-0.4, -0.2) is 30.0 Å². The zero-order valence-electron chi connectivity index (χ0n) is 19.3. The molecule has 5 rings (SSSR count). The molecule has 3 aromatic carbocycles. The van der Waals surface area contributed by atoms with Gasteiger partial charge in [0, 0.05) is 16.9 Å². The average molecular weight is 472 g/mol. The van der Waals surface area contributed by atoms with Crippen LogP contribution < -0.4 is 15.1 Å². The van der Waals surface area contributed by atoms with E-state index < -0.39 is 4.87 Å². The first-order chi connectivity index (χ1) is 16.3. The van der Waals surface area contributed by atoms with E-state index >= 15 is 0 Å². The summed E-state index contributed by atoms with van der Waals surface area (Å²) >= 11 is 1.31. The summed E-state index contributed by atoms with van der Waals surface area (Å²) in [5.41, 5.74) is 5.79. The number of thioether (sulfide) groups is 1. The Morgan fingerprint density at radius 2 is 1.74 bits per heavy atom. The first kappa shape index (κ1) is 22.2. The van der Waals surface area contributed by atoms with Gasteiger partial charge in [-0.2, -0.15) is 0 Å². The molecule has 2 aliphatic rings. The van der Waals surface area contributed by atoms with Crippen LogP contribution in [0.15, 0.2) is 66.7 Å². The molecule has 1 N–H and O–H groups in total. The van der Waals surface area contributed by atoms with Gasteiger partial charge in [-0.15, -0.1) is 11.8 Å². The van der Waals surface area contributed by atoms with E-state index in [4.69, 9.17) is 0 Å². The van der Waals surface area contributed by atoms with Crippen LogP contribution in [0.5, 0.6) is 0 Å². The molecule has 172 valence electrons. The number of hydrogen-bond acceptors (Lipinski definition) is 4. The third-order valence-electron chi connectivity index (χ3n) is 6.29. The Morgan fingerprint density at radius 1 is 0.971 bits per heavy atom. The molecule has 0 saturated carbocycles. The summed E-state index contributed by atoms with van der Waals surface area (Å²) in [6.07, 6.45) is 0. The number of anilines is 3. The Labute approximate surface area is 202 Å². The van der Waals surface area contributed by atoms with E-state index in [0.717, 1.165) is 27.9 Å². The van der Waals surface area contributed by atoms with E-state index in [9.17, 15) is 14.4 Å². The lowest BCUT2D eigenvalue weighted by molar-refractivity contribution is -0.124. The number of carbonyl (C=O) groups is 3. The third-order valence-corrected chi connectivity index (χ3v) is 7.68. The van der Waals surface area contributed by atoms with Gasteiger partial charge in [0.1, 0.15) is 6.54 Å². The zero-order chi connectivity index (χ0) is 24.0. The minimum Gasteiger partial charge on any atom is -0.324 e. The highest BCUT2D eigenvalue weighted by Crippen LogP contribution is 2.55. The van der Waals surface area contributed by atoms with Gasteiger partial charge in [-0.05, 0) is 61.7 Å². The predicted molar refractivity (Wildman–Crippen MR) is 136 cm³/mol. The lowest BCUT2D eigenvalue weighted by Gasteiger charge is -2.33. The fourth-order valence-electron chi connectivity index (χ4n) is 4.68. The Morgan fingerprint density at radius 3 is 2.53 bits per heavy atom. The predicted octanol–water partition coefficient (Wildman–Crippen LogP) is 4.53. The number of aryl methyl sites for hydroxylation is 3. The second kappa shape index (κ2) is 8.33. The van der Waals surface area contributed by atoms with Gasteiger partial charge in [0.15, 0.2) is 0 Å². The van der Waals surface area contributed by atoms with Crippen molar-refractivity contribution in [2.75, 3.05) is 27.4 Å². The van der Waals surface area contributed by atoms with Crippen LogP contribution in [0.2, 0.25) is 0 Å². The van der Waals surface area contributed by atoms with Crippen molar-refractivity contribution < 1.29 is 14.4 Å². The molecule has 0 aliphatic carbocycles. The smallest absolute Gasteiger partial charge is 0.269 e. The molecule has 3 aromatic rings. The van der Waals surface area contributed by atoms with E-state index in [2.05, 4.69) is 5.32 Å². The molecule has 34 heavy (non-hydrogen) atoms. The molecule has 2 aliphatic heterocycles. The van der Waals surface area contributed by atoms with Gasteiger partial charge in [0.05, 0.1) is 11.4 Å². The molecule has 2 heterocycles. The Kier molecular flexibility index (Phi) is 5.44. The normalized spacial score (nSPS) is 19.1. The van der Waals surface area contributed by atoms with Crippen LogP contribution in [0, 0.1) is 20.8 Å². The van der Waals surface area contributed by atoms with Gasteiger partial charge >= 0.3 is 0 Å². The van der Waals surface area contributed by atoms with Crippen molar-refractivity contribution in [2.24, 2.45) is 0 Å². The summed E-state index contributed by atoms with van der Waals surface area (Å²) in [7, 11) is 0. The summed E-state index contributed by atoms with van der Waals surface area (Å²) in [5.74, 6) is -0.496. The van der Waals surface area contributed by atoms with Gasteiger partial charge in [0.2, 0.25) is 16.7 Å². The first-order valence-corrected chi connectivity index (χ1v) is 12.1.